The number of aldehydes is 1. The lowest BCUT2D eigenvalue weighted by molar-refractivity contribution is -0.104. The number of carbonyl (C=O) groups excluding carboxylic acids is 2. The lowest BCUT2D eigenvalue weighted by Crippen LogP contribution is -2.54. The molecule has 166 valence electrons. The van der Waals surface area contributed by atoms with Gasteiger partial charge in [0.15, 0.2) is 0 Å². The van der Waals surface area contributed by atoms with Crippen LogP contribution in [0, 0.1) is 0 Å². The molecule has 2 saturated heterocycles. The first-order valence-electron chi connectivity index (χ1n) is 11.8. The van der Waals surface area contributed by atoms with Crippen molar-refractivity contribution in [1.82, 2.24) is 14.7 Å². The smallest absolute Gasteiger partial charge is 0.409 e. The largest absolute Gasteiger partial charge is 0.450 e. The second kappa shape index (κ2) is 9.94. The molecule has 1 amide bonds. The highest BCUT2D eigenvalue weighted by atomic mass is 16.6. The van der Waals surface area contributed by atoms with Crippen molar-refractivity contribution in [3.05, 3.63) is 12.2 Å². The van der Waals surface area contributed by atoms with Crippen LogP contribution in [0.25, 0.3) is 0 Å². The first-order valence-corrected chi connectivity index (χ1v) is 11.8. The summed E-state index contributed by atoms with van der Waals surface area (Å²) in [6.45, 7) is 6.10. The summed E-state index contributed by atoms with van der Waals surface area (Å²) in [5, 5.41) is 0. The predicted octanol–water partition coefficient (Wildman–Crippen LogP) is 2.85. The van der Waals surface area contributed by atoms with Crippen LogP contribution in [0.4, 0.5) is 4.79 Å². The van der Waals surface area contributed by atoms with Gasteiger partial charge in [-0.15, -0.1) is 0 Å². The average Bonchev–Trinajstić information content (AvgIpc) is 3.16. The molecule has 3 fully saturated rings. The minimum Gasteiger partial charge on any atom is -0.450 e. The lowest BCUT2D eigenvalue weighted by atomic mass is 9.88. The molecule has 0 radical (unpaired) electrons. The van der Waals surface area contributed by atoms with Crippen LogP contribution in [0.2, 0.25) is 0 Å². The van der Waals surface area contributed by atoms with Gasteiger partial charge >= 0.3 is 6.09 Å². The van der Waals surface area contributed by atoms with Gasteiger partial charge in [-0.3, -0.25) is 9.79 Å². The predicted molar refractivity (Wildman–Crippen MR) is 117 cm³/mol. The van der Waals surface area contributed by atoms with Crippen LogP contribution in [0.15, 0.2) is 17.1 Å². The fourth-order valence-electron chi connectivity index (χ4n) is 5.84. The molecule has 0 aromatic heterocycles. The second-order valence-corrected chi connectivity index (χ2v) is 8.99. The molecule has 7 nitrogen and oxygen atoms in total. The van der Waals surface area contributed by atoms with Crippen LogP contribution in [-0.4, -0.2) is 89.9 Å². The van der Waals surface area contributed by atoms with Gasteiger partial charge in [-0.05, 0) is 57.6 Å². The highest BCUT2D eigenvalue weighted by Gasteiger charge is 2.41. The SMILES string of the molecule is CCOC(=O)N1CCC(N2CCC(N3C(/C=C/C=O)=N[C@H]4CCCC[C@@H]43)CC2)CC1. The standard InChI is InChI=1S/C23H36N4O3/c1-2-30-23(29)26-15-9-18(10-16-26)25-13-11-19(12-14-25)27-21-7-4-3-6-20(21)24-22(27)8-5-17-28/h5,8,17-21H,2-4,6-7,9-16H2,1H3/b8-5+/t20-,21-/m0/s1. The lowest BCUT2D eigenvalue weighted by Gasteiger charge is -2.45. The Morgan fingerprint density at radius 1 is 1.03 bits per heavy atom. The third kappa shape index (κ3) is 4.56. The van der Waals surface area contributed by atoms with E-state index >= 15 is 0 Å². The third-order valence-corrected chi connectivity index (χ3v) is 7.34. The van der Waals surface area contributed by atoms with E-state index in [4.69, 9.17) is 9.73 Å². The van der Waals surface area contributed by atoms with E-state index in [2.05, 4.69) is 9.80 Å². The highest BCUT2D eigenvalue weighted by Crippen LogP contribution is 2.35. The van der Waals surface area contributed by atoms with Crippen molar-refractivity contribution >= 4 is 18.2 Å². The number of hydrogen-bond acceptors (Lipinski definition) is 6. The maximum Gasteiger partial charge on any atom is 0.409 e. The first-order chi connectivity index (χ1) is 14.7. The van der Waals surface area contributed by atoms with Gasteiger partial charge in [-0.1, -0.05) is 12.8 Å². The number of fused-ring (bicyclic) bond motifs is 1. The van der Waals surface area contributed by atoms with E-state index in [-0.39, 0.29) is 6.09 Å². The number of amidine groups is 1. The zero-order valence-electron chi connectivity index (χ0n) is 18.2. The van der Waals surface area contributed by atoms with Crippen LogP contribution < -0.4 is 0 Å². The molecule has 1 aliphatic carbocycles. The van der Waals surface area contributed by atoms with Gasteiger partial charge in [0.1, 0.15) is 12.1 Å². The fraction of sp³-hybridized carbons (Fsp3) is 0.783. The van der Waals surface area contributed by atoms with Gasteiger partial charge in [-0.25, -0.2) is 4.79 Å². The van der Waals surface area contributed by atoms with Gasteiger partial charge in [0.2, 0.25) is 0 Å². The number of amides is 1. The Morgan fingerprint density at radius 2 is 1.73 bits per heavy atom. The Labute approximate surface area is 180 Å². The normalized spacial score (nSPS) is 29.2. The molecule has 4 rings (SSSR count). The topological polar surface area (TPSA) is 65.5 Å². The van der Waals surface area contributed by atoms with E-state index in [1.165, 1.54) is 25.7 Å². The van der Waals surface area contributed by atoms with Crippen molar-refractivity contribution in [1.29, 1.82) is 0 Å². The summed E-state index contributed by atoms with van der Waals surface area (Å²) in [6, 6.07) is 2.02. The Kier molecular flexibility index (Phi) is 7.08. The molecule has 7 heteroatoms. The van der Waals surface area contributed by atoms with E-state index in [0.29, 0.717) is 30.8 Å². The monoisotopic (exact) mass is 416 g/mol. The van der Waals surface area contributed by atoms with Crippen molar-refractivity contribution in [2.75, 3.05) is 32.8 Å². The maximum absolute atomic E-state index is 11.9. The zero-order chi connectivity index (χ0) is 20.9. The molecule has 1 saturated carbocycles. The molecule has 3 heterocycles. The number of carbonyl (C=O) groups is 2. The fourth-order valence-corrected chi connectivity index (χ4v) is 5.84. The first kappa shape index (κ1) is 21.3. The summed E-state index contributed by atoms with van der Waals surface area (Å²) >= 11 is 0. The van der Waals surface area contributed by atoms with E-state index < -0.39 is 0 Å². The van der Waals surface area contributed by atoms with E-state index in [0.717, 1.165) is 64.0 Å². The Bertz CT molecular complexity index is 663. The molecule has 0 bridgehead atoms. The van der Waals surface area contributed by atoms with Crippen LogP contribution in [0.1, 0.15) is 58.3 Å². The molecule has 30 heavy (non-hydrogen) atoms. The number of hydrogen-bond donors (Lipinski definition) is 0. The van der Waals surface area contributed by atoms with E-state index in [9.17, 15) is 9.59 Å². The minimum atomic E-state index is -0.166. The van der Waals surface area contributed by atoms with Crippen LogP contribution in [0.5, 0.6) is 0 Å². The molecule has 4 aliphatic rings. The van der Waals surface area contributed by atoms with Crippen LogP contribution in [0.3, 0.4) is 0 Å². The van der Waals surface area contributed by atoms with Crippen LogP contribution in [-0.2, 0) is 9.53 Å². The number of nitrogens with zero attached hydrogens (tertiary/aromatic N) is 4. The van der Waals surface area contributed by atoms with Gasteiger partial charge < -0.3 is 19.4 Å². The quantitative estimate of drug-likeness (QED) is 0.509. The highest BCUT2D eigenvalue weighted by molar-refractivity contribution is 5.97. The molecule has 0 unspecified atom stereocenters. The van der Waals surface area contributed by atoms with Crippen molar-refractivity contribution in [3.8, 4) is 0 Å². The summed E-state index contributed by atoms with van der Waals surface area (Å²) in [7, 11) is 0. The van der Waals surface area contributed by atoms with Crippen molar-refractivity contribution in [2.24, 2.45) is 4.99 Å². The molecule has 0 spiro atoms. The van der Waals surface area contributed by atoms with Crippen molar-refractivity contribution < 1.29 is 14.3 Å². The molecule has 0 aromatic rings. The summed E-state index contributed by atoms with van der Waals surface area (Å²) in [5.41, 5.74) is 0. The summed E-state index contributed by atoms with van der Waals surface area (Å²) in [5.74, 6) is 1.03. The summed E-state index contributed by atoms with van der Waals surface area (Å²) in [6.07, 6.45) is 13.5. The van der Waals surface area contributed by atoms with Gasteiger partial charge in [0.05, 0.1) is 18.7 Å². The molecule has 2 atom stereocenters. The average molecular weight is 417 g/mol. The number of piperidine rings is 2. The molecular formula is C23H36N4O3. The van der Waals surface area contributed by atoms with E-state index in [1.807, 2.05) is 17.9 Å². The van der Waals surface area contributed by atoms with Crippen molar-refractivity contribution in [3.63, 3.8) is 0 Å². The molecule has 3 aliphatic heterocycles. The Hall–Kier alpha value is -1.89. The van der Waals surface area contributed by atoms with Crippen molar-refractivity contribution in [2.45, 2.75) is 82.5 Å². The number of ether oxygens (including phenoxy) is 1. The summed E-state index contributed by atoms with van der Waals surface area (Å²) < 4.78 is 5.14. The molecule has 0 N–H and O–H groups in total. The van der Waals surface area contributed by atoms with E-state index in [1.54, 1.807) is 6.08 Å². The number of allylic oxidation sites excluding steroid dienone is 1. The third-order valence-electron chi connectivity index (χ3n) is 7.34. The maximum atomic E-state index is 11.9. The van der Waals surface area contributed by atoms with Gasteiger partial charge in [0, 0.05) is 38.3 Å². The number of likely N-dealkylation sites (tertiary alicyclic amines) is 2. The van der Waals surface area contributed by atoms with Gasteiger partial charge in [-0.2, -0.15) is 0 Å². The van der Waals surface area contributed by atoms with Crippen LogP contribution >= 0.6 is 0 Å². The number of aliphatic imine (C=N–C) groups is 1. The van der Waals surface area contributed by atoms with Gasteiger partial charge in [0.25, 0.3) is 0 Å². The molecule has 0 aromatic carbocycles. The Morgan fingerprint density at radius 3 is 2.43 bits per heavy atom. The zero-order valence-corrected chi connectivity index (χ0v) is 18.2. The summed E-state index contributed by atoms with van der Waals surface area (Å²) in [4.78, 5) is 34.8. The molecular weight excluding hydrogens is 380 g/mol. The number of rotatable bonds is 5. The minimum absolute atomic E-state index is 0.166. The second-order valence-electron chi connectivity index (χ2n) is 8.99. The Balaban J connectivity index is 1.32.